The standard InChI is InChI=1S/C12H16N4/c1-15(2)11-4-6-16(9-11)12-8-14-5-3-10(12)7-13/h3,5,8,11H,4,6,9H2,1-2H3. The highest BCUT2D eigenvalue weighted by Gasteiger charge is 2.25. The second kappa shape index (κ2) is 4.50. The first-order chi connectivity index (χ1) is 7.72. The molecule has 1 unspecified atom stereocenters. The molecule has 1 fully saturated rings. The Morgan fingerprint density at radius 1 is 1.56 bits per heavy atom. The molecule has 4 nitrogen and oxygen atoms in total. The summed E-state index contributed by atoms with van der Waals surface area (Å²) in [6.07, 6.45) is 4.60. The monoisotopic (exact) mass is 216 g/mol. The number of pyridine rings is 1. The lowest BCUT2D eigenvalue weighted by Crippen LogP contribution is -2.31. The summed E-state index contributed by atoms with van der Waals surface area (Å²) in [5.41, 5.74) is 1.68. The van der Waals surface area contributed by atoms with Crippen LogP contribution >= 0.6 is 0 Å². The summed E-state index contributed by atoms with van der Waals surface area (Å²) in [6.45, 7) is 1.98. The molecular formula is C12H16N4. The van der Waals surface area contributed by atoms with Gasteiger partial charge < -0.3 is 9.80 Å². The third-order valence-electron chi connectivity index (χ3n) is 3.15. The van der Waals surface area contributed by atoms with Crippen LogP contribution in [0, 0.1) is 11.3 Å². The number of anilines is 1. The van der Waals surface area contributed by atoms with Crippen LogP contribution in [0.5, 0.6) is 0 Å². The van der Waals surface area contributed by atoms with Gasteiger partial charge in [-0.1, -0.05) is 0 Å². The smallest absolute Gasteiger partial charge is 0.101 e. The quantitative estimate of drug-likeness (QED) is 0.742. The summed E-state index contributed by atoms with van der Waals surface area (Å²) in [5, 5.41) is 9.04. The maximum Gasteiger partial charge on any atom is 0.101 e. The number of hydrogen-bond acceptors (Lipinski definition) is 4. The van der Waals surface area contributed by atoms with Gasteiger partial charge in [-0.05, 0) is 26.6 Å². The van der Waals surface area contributed by atoms with Crippen molar-refractivity contribution >= 4 is 5.69 Å². The van der Waals surface area contributed by atoms with Gasteiger partial charge in [0.2, 0.25) is 0 Å². The van der Waals surface area contributed by atoms with Crippen molar-refractivity contribution in [2.75, 3.05) is 32.1 Å². The molecule has 1 aromatic heterocycles. The first-order valence-electron chi connectivity index (χ1n) is 5.48. The van der Waals surface area contributed by atoms with E-state index in [0.717, 1.165) is 30.8 Å². The van der Waals surface area contributed by atoms with Crippen molar-refractivity contribution in [2.45, 2.75) is 12.5 Å². The maximum atomic E-state index is 9.04. The van der Waals surface area contributed by atoms with Gasteiger partial charge >= 0.3 is 0 Å². The molecule has 84 valence electrons. The highest BCUT2D eigenvalue weighted by atomic mass is 15.2. The fraction of sp³-hybridized carbons (Fsp3) is 0.500. The van der Waals surface area contributed by atoms with Gasteiger partial charge in [-0.3, -0.25) is 4.98 Å². The molecule has 0 aromatic carbocycles. The van der Waals surface area contributed by atoms with Crippen LogP contribution in [0.1, 0.15) is 12.0 Å². The van der Waals surface area contributed by atoms with E-state index in [4.69, 9.17) is 5.26 Å². The van der Waals surface area contributed by atoms with E-state index in [0.29, 0.717) is 6.04 Å². The number of nitrogens with zero attached hydrogens (tertiary/aromatic N) is 4. The predicted molar refractivity (Wildman–Crippen MR) is 63.3 cm³/mol. The highest BCUT2D eigenvalue weighted by molar-refractivity contribution is 5.58. The van der Waals surface area contributed by atoms with Crippen LogP contribution in [-0.4, -0.2) is 43.1 Å². The molecule has 4 heteroatoms. The minimum atomic E-state index is 0.576. The molecule has 0 bridgehead atoms. The van der Waals surface area contributed by atoms with E-state index >= 15 is 0 Å². The van der Waals surface area contributed by atoms with Crippen LogP contribution in [0.25, 0.3) is 0 Å². The maximum absolute atomic E-state index is 9.04. The zero-order valence-corrected chi connectivity index (χ0v) is 9.72. The molecule has 1 aliphatic heterocycles. The zero-order valence-electron chi connectivity index (χ0n) is 9.72. The second-order valence-electron chi connectivity index (χ2n) is 4.36. The molecule has 1 aliphatic rings. The minimum absolute atomic E-state index is 0.576. The first-order valence-corrected chi connectivity index (χ1v) is 5.48. The van der Waals surface area contributed by atoms with Gasteiger partial charge in [0.15, 0.2) is 0 Å². The van der Waals surface area contributed by atoms with Gasteiger partial charge in [0.25, 0.3) is 0 Å². The molecule has 2 heterocycles. The molecule has 0 amide bonds. The average molecular weight is 216 g/mol. The Bertz CT molecular complexity index is 408. The third kappa shape index (κ3) is 2.00. The Kier molecular flexibility index (Phi) is 3.07. The summed E-state index contributed by atoms with van der Waals surface area (Å²) in [7, 11) is 4.20. The van der Waals surface area contributed by atoms with E-state index in [1.54, 1.807) is 18.5 Å². The van der Waals surface area contributed by atoms with Crippen molar-refractivity contribution in [1.29, 1.82) is 5.26 Å². The minimum Gasteiger partial charge on any atom is -0.368 e. The predicted octanol–water partition coefficient (Wildman–Crippen LogP) is 1.09. The van der Waals surface area contributed by atoms with Gasteiger partial charge in [0.05, 0.1) is 17.4 Å². The van der Waals surface area contributed by atoms with Crippen LogP contribution in [0.15, 0.2) is 18.5 Å². The number of rotatable bonds is 2. The van der Waals surface area contributed by atoms with Crippen molar-refractivity contribution in [1.82, 2.24) is 9.88 Å². The normalized spacial score (nSPS) is 20.1. The van der Waals surface area contributed by atoms with Crippen LogP contribution in [0.2, 0.25) is 0 Å². The van der Waals surface area contributed by atoms with Crippen LogP contribution < -0.4 is 4.90 Å². The third-order valence-corrected chi connectivity index (χ3v) is 3.15. The molecule has 16 heavy (non-hydrogen) atoms. The van der Waals surface area contributed by atoms with Gasteiger partial charge in [-0.2, -0.15) is 5.26 Å². The number of likely N-dealkylation sites (N-methyl/N-ethyl adjacent to an activating group) is 1. The number of nitriles is 1. The lowest BCUT2D eigenvalue weighted by molar-refractivity contribution is 0.315. The SMILES string of the molecule is CN(C)C1CCN(c2cnccc2C#N)C1. The van der Waals surface area contributed by atoms with E-state index in [1.807, 2.05) is 0 Å². The molecule has 0 spiro atoms. The molecule has 2 rings (SSSR count). The van der Waals surface area contributed by atoms with E-state index in [-0.39, 0.29) is 0 Å². The van der Waals surface area contributed by atoms with Crippen molar-refractivity contribution in [3.05, 3.63) is 24.0 Å². The van der Waals surface area contributed by atoms with E-state index in [9.17, 15) is 0 Å². The molecule has 0 radical (unpaired) electrons. The Morgan fingerprint density at radius 2 is 2.38 bits per heavy atom. The number of aromatic nitrogens is 1. The first kappa shape index (κ1) is 10.9. The van der Waals surface area contributed by atoms with Gasteiger partial charge in [-0.15, -0.1) is 0 Å². The molecular weight excluding hydrogens is 200 g/mol. The molecule has 0 aliphatic carbocycles. The fourth-order valence-corrected chi connectivity index (χ4v) is 2.11. The fourth-order valence-electron chi connectivity index (χ4n) is 2.11. The van der Waals surface area contributed by atoms with E-state index in [1.165, 1.54) is 0 Å². The summed E-state index contributed by atoms with van der Waals surface area (Å²) in [5.74, 6) is 0. The molecule has 1 aromatic rings. The van der Waals surface area contributed by atoms with Crippen LogP contribution in [0.4, 0.5) is 5.69 Å². The van der Waals surface area contributed by atoms with Gasteiger partial charge in [-0.25, -0.2) is 0 Å². The molecule has 1 atom stereocenters. The van der Waals surface area contributed by atoms with Crippen molar-refractivity contribution in [3.63, 3.8) is 0 Å². The number of hydrogen-bond donors (Lipinski definition) is 0. The molecule has 1 saturated heterocycles. The lowest BCUT2D eigenvalue weighted by Gasteiger charge is -2.22. The topological polar surface area (TPSA) is 43.2 Å². The van der Waals surface area contributed by atoms with E-state index in [2.05, 4.69) is 34.9 Å². The van der Waals surface area contributed by atoms with Crippen LogP contribution in [-0.2, 0) is 0 Å². The van der Waals surface area contributed by atoms with Gasteiger partial charge in [0.1, 0.15) is 6.07 Å². The average Bonchev–Trinajstić information content (AvgIpc) is 2.78. The Balaban J connectivity index is 2.18. The van der Waals surface area contributed by atoms with Crippen LogP contribution in [0.3, 0.4) is 0 Å². The van der Waals surface area contributed by atoms with Crippen molar-refractivity contribution < 1.29 is 0 Å². The Labute approximate surface area is 96.1 Å². The second-order valence-corrected chi connectivity index (χ2v) is 4.36. The zero-order chi connectivity index (χ0) is 11.5. The highest BCUT2D eigenvalue weighted by Crippen LogP contribution is 2.24. The molecule has 0 saturated carbocycles. The largest absolute Gasteiger partial charge is 0.368 e. The van der Waals surface area contributed by atoms with Crippen molar-refractivity contribution in [2.24, 2.45) is 0 Å². The summed E-state index contributed by atoms with van der Waals surface area (Å²) in [6, 6.07) is 4.57. The summed E-state index contributed by atoms with van der Waals surface area (Å²) in [4.78, 5) is 8.59. The molecule has 0 N–H and O–H groups in total. The Hall–Kier alpha value is -1.60. The lowest BCUT2D eigenvalue weighted by atomic mass is 10.2. The van der Waals surface area contributed by atoms with E-state index < -0.39 is 0 Å². The van der Waals surface area contributed by atoms with Gasteiger partial charge in [0, 0.05) is 25.3 Å². The summed E-state index contributed by atoms with van der Waals surface area (Å²) < 4.78 is 0. The summed E-state index contributed by atoms with van der Waals surface area (Å²) >= 11 is 0. The Morgan fingerprint density at radius 3 is 3.00 bits per heavy atom. The van der Waals surface area contributed by atoms with Crippen molar-refractivity contribution in [3.8, 4) is 6.07 Å².